The Balaban J connectivity index is 1.36. The van der Waals surface area contributed by atoms with Gasteiger partial charge < -0.3 is 25.4 Å². The number of nitrogens with two attached hydrogens (primary N) is 1. The van der Waals surface area contributed by atoms with Crippen LogP contribution in [-0.2, 0) is 19.2 Å². The van der Waals surface area contributed by atoms with Gasteiger partial charge in [0, 0.05) is 16.0 Å². The summed E-state index contributed by atoms with van der Waals surface area (Å²) in [6, 6.07) is 6.23. The molecule has 3 aromatic rings. The minimum absolute atomic E-state index is 0.145. The highest BCUT2D eigenvalue weighted by molar-refractivity contribution is 8.06. The van der Waals surface area contributed by atoms with Crippen LogP contribution in [0.15, 0.2) is 55.0 Å². The van der Waals surface area contributed by atoms with E-state index in [9.17, 15) is 19.5 Å². The second kappa shape index (κ2) is 9.24. The summed E-state index contributed by atoms with van der Waals surface area (Å²) in [5, 5.41) is 17.6. The summed E-state index contributed by atoms with van der Waals surface area (Å²) >= 11 is 3.50. The lowest BCUT2D eigenvalue weighted by molar-refractivity contribution is -0.150. The topological polar surface area (TPSA) is 173 Å². The average molecular weight is 533 g/mol. The molecule has 2 atom stereocenters. The molecule has 1 fully saturated rings. The number of carbonyl (C=O) groups excluding carboxylic acids is 2. The quantitative estimate of drug-likeness (QED) is 0.230. The van der Waals surface area contributed by atoms with Gasteiger partial charge in [0.05, 0.1) is 0 Å². The number of amides is 2. The number of aliphatic carboxylic acids is 1. The van der Waals surface area contributed by atoms with Crippen molar-refractivity contribution < 1.29 is 28.7 Å². The molecular formula is C20H16N6O6S3. The summed E-state index contributed by atoms with van der Waals surface area (Å²) < 4.78 is 5.69. The van der Waals surface area contributed by atoms with Gasteiger partial charge >= 0.3 is 5.97 Å². The highest BCUT2D eigenvalue weighted by atomic mass is 32.2. The number of para-hydroxylation sites is 2. The molecule has 180 valence electrons. The van der Waals surface area contributed by atoms with Crippen LogP contribution in [0.5, 0.6) is 0 Å². The Morgan fingerprint density at radius 3 is 2.86 bits per heavy atom. The number of carboxylic acids is 1. The van der Waals surface area contributed by atoms with Crippen LogP contribution in [-0.4, -0.2) is 67.7 Å². The number of β-lactam (4-membered cyclic amide) rings is 1. The van der Waals surface area contributed by atoms with E-state index in [2.05, 4.69) is 20.4 Å². The molecule has 5 rings (SSSR count). The molecule has 12 nitrogen and oxygen atoms in total. The molecule has 4 N–H and O–H groups in total. The van der Waals surface area contributed by atoms with Crippen LogP contribution in [0.4, 0.5) is 5.13 Å². The molecule has 1 saturated heterocycles. The zero-order chi connectivity index (χ0) is 24.7. The fourth-order valence-corrected chi connectivity index (χ4v) is 6.52. The van der Waals surface area contributed by atoms with E-state index < -0.39 is 29.2 Å². The van der Waals surface area contributed by atoms with Crippen molar-refractivity contribution >= 4 is 74.6 Å². The minimum Gasteiger partial charge on any atom is -0.477 e. The summed E-state index contributed by atoms with van der Waals surface area (Å²) in [5.41, 5.74) is 6.76. The Kier molecular flexibility index (Phi) is 6.12. The molecular weight excluding hydrogens is 516 g/mol. The number of carboxylic acid groups (broad SMARTS) is 1. The first-order chi connectivity index (χ1) is 16.9. The molecule has 0 radical (unpaired) electrons. The zero-order valence-electron chi connectivity index (χ0n) is 17.8. The summed E-state index contributed by atoms with van der Waals surface area (Å²) in [5.74, 6) is -2.22. The summed E-state index contributed by atoms with van der Waals surface area (Å²) in [7, 11) is 1.27. The third kappa shape index (κ3) is 4.21. The molecule has 2 aliphatic rings. The van der Waals surface area contributed by atoms with Gasteiger partial charge in [0.25, 0.3) is 17.0 Å². The van der Waals surface area contributed by atoms with E-state index in [4.69, 9.17) is 15.0 Å². The third-order valence-corrected chi connectivity index (χ3v) is 8.14. The first kappa shape index (κ1) is 23.2. The van der Waals surface area contributed by atoms with E-state index in [-0.39, 0.29) is 33.2 Å². The van der Waals surface area contributed by atoms with E-state index in [0.717, 1.165) is 23.1 Å². The van der Waals surface area contributed by atoms with Crippen LogP contribution >= 0.6 is 34.9 Å². The van der Waals surface area contributed by atoms with Crippen molar-refractivity contribution in [3.8, 4) is 0 Å². The Morgan fingerprint density at radius 1 is 1.37 bits per heavy atom. The number of thioether (sulfide) groups is 2. The fourth-order valence-electron chi connectivity index (χ4n) is 3.57. The van der Waals surface area contributed by atoms with Crippen LogP contribution in [0.1, 0.15) is 5.69 Å². The Labute approximate surface area is 209 Å². The van der Waals surface area contributed by atoms with Gasteiger partial charge in [-0.05, 0) is 23.9 Å². The van der Waals surface area contributed by atoms with Crippen molar-refractivity contribution in [1.82, 2.24) is 20.2 Å². The van der Waals surface area contributed by atoms with Gasteiger partial charge in [-0.2, -0.15) is 0 Å². The molecule has 4 heterocycles. The number of aromatic nitrogens is 2. The summed E-state index contributed by atoms with van der Waals surface area (Å²) in [4.78, 5) is 52.6. The SMILES string of the molecule is CO/N=C(\C(=O)NC1C(=O)N2C(C(=O)O)=C(Sc3nc4ccccc4o3)CS[C@H]12)c1csc(N)n1. The molecule has 35 heavy (non-hydrogen) atoms. The van der Waals surface area contributed by atoms with Gasteiger partial charge in [-0.3, -0.25) is 14.5 Å². The largest absolute Gasteiger partial charge is 0.477 e. The molecule has 0 spiro atoms. The number of nitrogen functional groups attached to an aromatic ring is 1. The first-order valence-electron chi connectivity index (χ1n) is 9.95. The normalized spacial score (nSPS) is 20.0. The van der Waals surface area contributed by atoms with Crippen molar-refractivity contribution in [2.75, 3.05) is 18.6 Å². The average Bonchev–Trinajstić information content (AvgIpc) is 3.45. The number of nitrogens with one attached hydrogen (secondary N) is 1. The highest BCUT2D eigenvalue weighted by Gasteiger charge is 2.54. The van der Waals surface area contributed by atoms with Gasteiger partial charge in [-0.1, -0.05) is 17.3 Å². The number of thiazole rings is 1. The number of anilines is 1. The third-order valence-electron chi connectivity index (χ3n) is 5.07. The minimum atomic E-state index is -1.26. The van der Waals surface area contributed by atoms with Gasteiger partial charge in [0.1, 0.15) is 35.4 Å². The van der Waals surface area contributed by atoms with Crippen LogP contribution in [0, 0.1) is 0 Å². The zero-order valence-corrected chi connectivity index (χ0v) is 20.3. The molecule has 1 aromatic carbocycles. The van der Waals surface area contributed by atoms with Crippen molar-refractivity contribution in [3.05, 3.63) is 45.9 Å². The maximum atomic E-state index is 13.0. The Bertz CT molecular complexity index is 1380. The number of oxime groups is 1. The number of carbonyl (C=O) groups is 3. The van der Waals surface area contributed by atoms with Gasteiger partial charge in [0.15, 0.2) is 16.4 Å². The summed E-state index contributed by atoms with van der Waals surface area (Å²) in [6.07, 6.45) is 0. The molecule has 2 aromatic heterocycles. The lowest BCUT2D eigenvalue weighted by atomic mass is 10.0. The van der Waals surface area contributed by atoms with Crippen LogP contribution in [0.2, 0.25) is 0 Å². The second-order valence-corrected chi connectivity index (χ2v) is 10.2. The smallest absolute Gasteiger partial charge is 0.353 e. The van der Waals surface area contributed by atoms with E-state index in [1.807, 2.05) is 12.1 Å². The number of hydrogen-bond acceptors (Lipinski definition) is 12. The number of hydrogen-bond donors (Lipinski definition) is 3. The van der Waals surface area contributed by atoms with Crippen molar-refractivity contribution in [1.29, 1.82) is 0 Å². The number of nitrogens with zero attached hydrogens (tertiary/aromatic N) is 4. The Morgan fingerprint density at radius 2 is 2.17 bits per heavy atom. The van der Waals surface area contributed by atoms with Crippen LogP contribution < -0.4 is 11.1 Å². The maximum Gasteiger partial charge on any atom is 0.353 e. The Hall–Kier alpha value is -3.56. The first-order valence-corrected chi connectivity index (χ1v) is 12.7. The molecule has 0 bridgehead atoms. The van der Waals surface area contributed by atoms with E-state index in [0.29, 0.717) is 16.0 Å². The molecule has 1 unspecified atom stereocenters. The van der Waals surface area contributed by atoms with E-state index in [1.54, 1.807) is 12.1 Å². The molecule has 2 aliphatic heterocycles. The highest BCUT2D eigenvalue weighted by Crippen LogP contribution is 2.45. The van der Waals surface area contributed by atoms with Crippen molar-refractivity contribution in [2.45, 2.75) is 16.6 Å². The van der Waals surface area contributed by atoms with Crippen LogP contribution in [0.25, 0.3) is 11.1 Å². The predicted octanol–water partition coefficient (Wildman–Crippen LogP) is 1.71. The van der Waals surface area contributed by atoms with Gasteiger partial charge in [-0.25, -0.2) is 14.8 Å². The molecule has 0 aliphatic carbocycles. The predicted molar refractivity (Wildman–Crippen MR) is 130 cm³/mol. The molecule has 2 amide bonds. The number of benzene rings is 1. The second-order valence-electron chi connectivity index (χ2n) is 7.18. The fraction of sp³-hybridized carbons (Fsp3) is 0.200. The number of rotatable bonds is 7. The number of fused-ring (bicyclic) bond motifs is 2. The number of oxazole rings is 1. The summed E-state index contributed by atoms with van der Waals surface area (Å²) in [6.45, 7) is 0. The van der Waals surface area contributed by atoms with Gasteiger partial charge in [-0.15, -0.1) is 23.1 Å². The van der Waals surface area contributed by atoms with Gasteiger partial charge in [0.2, 0.25) is 0 Å². The molecule has 0 saturated carbocycles. The van der Waals surface area contributed by atoms with Crippen molar-refractivity contribution in [2.24, 2.45) is 5.16 Å². The standard InChI is InChI=1S/C20H16N6O6S3/c1-31-25-12(9-6-34-19(21)22-9)15(27)24-13-16(28)26-14(18(29)30)11(7-33-17(13)26)35-20-23-8-4-2-3-5-10(8)32-20/h2-6,13,17H,7H2,1H3,(H2,21,22)(H,24,27)(H,29,30)/b25-12-/t13?,17-/m1/s1. The molecule has 15 heteroatoms. The van der Waals surface area contributed by atoms with E-state index >= 15 is 0 Å². The monoisotopic (exact) mass is 532 g/mol. The van der Waals surface area contributed by atoms with E-state index in [1.165, 1.54) is 29.2 Å². The maximum absolute atomic E-state index is 13.0. The lowest BCUT2D eigenvalue weighted by Gasteiger charge is -2.49. The van der Waals surface area contributed by atoms with Crippen molar-refractivity contribution in [3.63, 3.8) is 0 Å². The van der Waals surface area contributed by atoms with Crippen LogP contribution in [0.3, 0.4) is 0 Å². The lowest BCUT2D eigenvalue weighted by Crippen LogP contribution is -2.71.